The van der Waals surface area contributed by atoms with E-state index < -0.39 is 0 Å². The van der Waals surface area contributed by atoms with Crippen molar-refractivity contribution in [2.45, 2.75) is 57.7 Å². The molecule has 3 atom stereocenters. The zero-order valence-electron chi connectivity index (χ0n) is 8.66. The van der Waals surface area contributed by atoms with Gasteiger partial charge < -0.3 is 10.4 Å². The third-order valence-electron chi connectivity index (χ3n) is 3.68. The maximum absolute atomic E-state index is 9.99. The van der Waals surface area contributed by atoms with Gasteiger partial charge >= 0.3 is 0 Å². The van der Waals surface area contributed by atoms with E-state index in [9.17, 15) is 5.11 Å². The van der Waals surface area contributed by atoms with E-state index in [1.807, 2.05) is 0 Å². The van der Waals surface area contributed by atoms with E-state index in [0.717, 1.165) is 0 Å². The predicted octanol–water partition coefficient (Wildman–Crippen LogP) is 1.53. The Hall–Kier alpha value is -0.0800. The van der Waals surface area contributed by atoms with E-state index in [2.05, 4.69) is 19.2 Å². The zero-order valence-corrected chi connectivity index (χ0v) is 8.66. The SMILES string of the molecule is CC(C)C(O)C1CC2CCC(C1)N2. The van der Waals surface area contributed by atoms with Gasteiger partial charge in [0.15, 0.2) is 0 Å². The predicted molar refractivity (Wildman–Crippen MR) is 53.5 cm³/mol. The van der Waals surface area contributed by atoms with Crippen LogP contribution in [0.1, 0.15) is 39.5 Å². The van der Waals surface area contributed by atoms with Crippen molar-refractivity contribution in [1.29, 1.82) is 0 Å². The average Bonchev–Trinajstić information content (AvgIpc) is 2.44. The van der Waals surface area contributed by atoms with Crippen LogP contribution in [0.4, 0.5) is 0 Å². The van der Waals surface area contributed by atoms with Gasteiger partial charge in [-0.1, -0.05) is 13.8 Å². The van der Waals surface area contributed by atoms with Gasteiger partial charge in [-0.2, -0.15) is 0 Å². The molecule has 0 aromatic carbocycles. The molecular formula is C11H21NO. The molecule has 2 aliphatic rings. The van der Waals surface area contributed by atoms with Crippen molar-refractivity contribution < 1.29 is 5.11 Å². The highest BCUT2D eigenvalue weighted by molar-refractivity contribution is 4.94. The smallest absolute Gasteiger partial charge is 0.0592 e. The molecule has 2 N–H and O–H groups in total. The number of hydrogen-bond donors (Lipinski definition) is 2. The van der Waals surface area contributed by atoms with Crippen molar-refractivity contribution in [2.24, 2.45) is 11.8 Å². The van der Waals surface area contributed by atoms with Gasteiger partial charge in [0.1, 0.15) is 0 Å². The summed E-state index contributed by atoms with van der Waals surface area (Å²) >= 11 is 0. The lowest BCUT2D eigenvalue weighted by Crippen LogP contribution is -2.43. The fourth-order valence-electron chi connectivity index (χ4n) is 2.92. The third-order valence-corrected chi connectivity index (χ3v) is 3.68. The number of nitrogens with one attached hydrogen (secondary N) is 1. The van der Waals surface area contributed by atoms with Gasteiger partial charge in [-0.15, -0.1) is 0 Å². The molecule has 0 spiro atoms. The molecule has 2 saturated heterocycles. The summed E-state index contributed by atoms with van der Waals surface area (Å²) in [6.07, 6.45) is 4.95. The van der Waals surface area contributed by atoms with Crippen molar-refractivity contribution in [3.63, 3.8) is 0 Å². The van der Waals surface area contributed by atoms with E-state index in [-0.39, 0.29) is 6.10 Å². The topological polar surface area (TPSA) is 32.3 Å². The van der Waals surface area contributed by atoms with E-state index in [1.165, 1.54) is 25.7 Å². The zero-order chi connectivity index (χ0) is 9.42. The van der Waals surface area contributed by atoms with E-state index in [0.29, 0.717) is 23.9 Å². The van der Waals surface area contributed by atoms with Gasteiger partial charge in [0, 0.05) is 12.1 Å². The van der Waals surface area contributed by atoms with Crippen LogP contribution in [0.15, 0.2) is 0 Å². The first-order chi connectivity index (χ1) is 6.16. The Labute approximate surface area is 80.7 Å². The summed E-state index contributed by atoms with van der Waals surface area (Å²) in [7, 11) is 0. The molecule has 2 nitrogen and oxygen atoms in total. The van der Waals surface area contributed by atoms with E-state index in [1.54, 1.807) is 0 Å². The Morgan fingerprint density at radius 1 is 1.15 bits per heavy atom. The Kier molecular flexibility index (Phi) is 2.61. The highest BCUT2D eigenvalue weighted by atomic mass is 16.3. The van der Waals surface area contributed by atoms with Gasteiger partial charge in [-0.05, 0) is 37.5 Å². The maximum atomic E-state index is 9.99. The number of aliphatic hydroxyl groups excluding tert-OH is 1. The quantitative estimate of drug-likeness (QED) is 0.680. The van der Waals surface area contributed by atoms with Crippen LogP contribution in [0.5, 0.6) is 0 Å². The van der Waals surface area contributed by atoms with Crippen LogP contribution in [0.25, 0.3) is 0 Å². The maximum Gasteiger partial charge on any atom is 0.0592 e. The minimum atomic E-state index is -0.0785. The van der Waals surface area contributed by atoms with Crippen LogP contribution in [0, 0.1) is 11.8 Å². The Morgan fingerprint density at radius 2 is 1.69 bits per heavy atom. The number of hydrogen-bond acceptors (Lipinski definition) is 2. The second-order valence-corrected chi connectivity index (χ2v) is 5.10. The lowest BCUT2D eigenvalue weighted by atomic mass is 9.83. The monoisotopic (exact) mass is 183 g/mol. The van der Waals surface area contributed by atoms with Crippen molar-refractivity contribution in [3.8, 4) is 0 Å². The molecule has 13 heavy (non-hydrogen) atoms. The fourth-order valence-corrected chi connectivity index (χ4v) is 2.92. The molecule has 0 radical (unpaired) electrons. The van der Waals surface area contributed by atoms with Crippen molar-refractivity contribution in [1.82, 2.24) is 5.32 Å². The van der Waals surface area contributed by atoms with Gasteiger partial charge in [0.05, 0.1) is 6.10 Å². The third kappa shape index (κ3) is 1.89. The first kappa shape index (κ1) is 9.47. The van der Waals surface area contributed by atoms with Crippen molar-refractivity contribution in [3.05, 3.63) is 0 Å². The largest absolute Gasteiger partial charge is 0.393 e. The Balaban J connectivity index is 1.94. The molecular weight excluding hydrogens is 162 g/mol. The van der Waals surface area contributed by atoms with Crippen LogP contribution < -0.4 is 5.32 Å². The second kappa shape index (κ2) is 3.58. The summed E-state index contributed by atoms with van der Waals surface area (Å²) in [6, 6.07) is 1.41. The number of fused-ring (bicyclic) bond motifs is 2. The van der Waals surface area contributed by atoms with Crippen molar-refractivity contribution >= 4 is 0 Å². The molecule has 2 fully saturated rings. The lowest BCUT2D eigenvalue weighted by Gasteiger charge is -2.33. The molecule has 2 aliphatic heterocycles. The van der Waals surface area contributed by atoms with Crippen LogP contribution >= 0.6 is 0 Å². The number of piperidine rings is 1. The molecule has 3 unspecified atom stereocenters. The summed E-state index contributed by atoms with van der Waals surface area (Å²) in [5, 5.41) is 13.6. The summed E-state index contributed by atoms with van der Waals surface area (Å²) in [5.41, 5.74) is 0. The minimum Gasteiger partial charge on any atom is -0.393 e. The standard InChI is InChI=1S/C11H21NO/c1-7(2)11(13)8-5-9-3-4-10(6-8)12-9/h7-13H,3-6H2,1-2H3. The first-order valence-corrected chi connectivity index (χ1v) is 5.61. The second-order valence-electron chi connectivity index (χ2n) is 5.10. The Morgan fingerprint density at radius 3 is 2.15 bits per heavy atom. The van der Waals surface area contributed by atoms with E-state index >= 15 is 0 Å². The van der Waals surface area contributed by atoms with Crippen LogP contribution in [0.3, 0.4) is 0 Å². The van der Waals surface area contributed by atoms with E-state index in [4.69, 9.17) is 0 Å². The molecule has 0 amide bonds. The summed E-state index contributed by atoms with van der Waals surface area (Å²) in [5.74, 6) is 0.973. The summed E-state index contributed by atoms with van der Waals surface area (Å²) in [4.78, 5) is 0. The number of rotatable bonds is 2. The molecule has 2 heteroatoms. The molecule has 2 heterocycles. The normalized spacial score (nSPS) is 41.1. The minimum absolute atomic E-state index is 0.0785. The molecule has 0 aromatic heterocycles. The van der Waals surface area contributed by atoms with Gasteiger partial charge in [0.2, 0.25) is 0 Å². The highest BCUT2D eigenvalue weighted by Crippen LogP contribution is 2.34. The van der Waals surface area contributed by atoms with Crippen LogP contribution in [0.2, 0.25) is 0 Å². The lowest BCUT2D eigenvalue weighted by molar-refractivity contribution is 0.0398. The average molecular weight is 183 g/mol. The summed E-state index contributed by atoms with van der Waals surface area (Å²) < 4.78 is 0. The van der Waals surface area contributed by atoms with Crippen molar-refractivity contribution in [2.75, 3.05) is 0 Å². The van der Waals surface area contributed by atoms with Gasteiger partial charge in [-0.3, -0.25) is 0 Å². The summed E-state index contributed by atoms with van der Waals surface area (Å²) in [6.45, 7) is 4.24. The van der Waals surface area contributed by atoms with Gasteiger partial charge in [0.25, 0.3) is 0 Å². The fraction of sp³-hybridized carbons (Fsp3) is 1.00. The molecule has 0 aromatic rings. The van der Waals surface area contributed by atoms with Crippen LogP contribution in [-0.2, 0) is 0 Å². The van der Waals surface area contributed by atoms with Crippen LogP contribution in [-0.4, -0.2) is 23.3 Å². The number of aliphatic hydroxyl groups is 1. The first-order valence-electron chi connectivity index (χ1n) is 5.61. The Bertz CT molecular complexity index is 169. The molecule has 76 valence electrons. The molecule has 2 rings (SSSR count). The van der Waals surface area contributed by atoms with Gasteiger partial charge in [-0.25, -0.2) is 0 Å². The molecule has 0 saturated carbocycles. The molecule has 0 aliphatic carbocycles. The molecule has 2 bridgehead atoms. The highest BCUT2D eigenvalue weighted by Gasteiger charge is 2.36.